The molecule has 3 aromatic rings. The van der Waals surface area contributed by atoms with Crippen molar-refractivity contribution in [2.24, 2.45) is 0 Å². The van der Waals surface area contributed by atoms with E-state index in [1.807, 2.05) is 6.08 Å². The van der Waals surface area contributed by atoms with Gasteiger partial charge in [0.2, 0.25) is 0 Å². The Morgan fingerprint density at radius 1 is 0.909 bits per heavy atom. The minimum atomic E-state index is 0.843. The monoisotopic (exact) mass is 284 g/mol. The number of rotatable bonds is 3. The van der Waals surface area contributed by atoms with E-state index in [0.717, 1.165) is 11.6 Å². The second-order valence-electron chi connectivity index (χ2n) is 5.44. The van der Waals surface area contributed by atoms with Gasteiger partial charge in [0.25, 0.3) is 0 Å². The van der Waals surface area contributed by atoms with Crippen LogP contribution < -0.4 is 10.4 Å². The first kappa shape index (κ1) is 14.3. The van der Waals surface area contributed by atoms with Crippen molar-refractivity contribution >= 4 is 23.4 Å². The smallest absolute Gasteiger partial charge is 0.00301 e. The highest BCUT2D eigenvalue weighted by Crippen LogP contribution is 2.26. The van der Waals surface area contributed by atoms with Crippen molar-refractivity contribution < 1.29 is 0 Å². The van der Waals surface area contributed by atoms with Crippen molar-refractivity contribution in [1.82, 2.24) is 0 Å². The predicted octanol–water partition coefficient (Wildman–Crippen LogP) is 4.45. The zero-order chi connectivity index (χ0) is 15.5. The van der Waals surface area contributed by atoms with Crippen LogP contribution in [0.3, 0.4) is 0 Å². The van der Waals surface area contributed by atoms with Gasteiger partial charge in [0.1, 0.15) is 0 Å². The van der Waals surface area contributed by atoms with E-state index in [2.05, 4.69) is 80.8 Å². The van der Waals surface area contributed by atoms with Crippen LogP contribution in [-0.2, 0) is 6.42 Å². The van der Waals surface area contributed by atoms with E-state index >= 15 is 0 Å². The van der Waals surface area contributed by atoms with Crippen molar-refractivity contribution in [3.05, 3.63) is 83.3 Å². The summed E-state index contributed by atoms with van der Waals surface area (Å²) in [6.45, 7) is 10.4. The average Bonchev–Trinajstić information content (AvgIpc) is 2.57. The lowest BCUT2D eigenvalue weighted by molar-refractivity contribution is 1.26. The molecule has 0 atom stereocenters. The molecule has 0 amide bonds. The third-order valence-corrected chi connectivity index (χ3v) is 4.18. The molecule has 3 aromatic carbocycles. The Kier molecular flexibility index (Phi) is 3.93. The molecule has 22 heavy (non-hydrogen) atoms. The molecule has 0 nitrogen and oxygen atoms in total. The maximum Gasteiger partial charge on any atom is -0.00301 e. The zero-order valence-corrected chi connectivity index (χ0v) is 13.0. The summed E-state index contributed by atoms with van der Waals surface area (Å²) in [6, 6.07) is 19.2. The summed E-state index contributed by atoms with van der Waals surface area (Å²) < 4.78 is 0. The molecule has 0 fully saturated rings. The van der Waals surface area contributed by atoms with E-state index in [4.69, 9.17) is 0 Å². The molecule has 0 unspecified atom stereocenters. The first-order valence-corrected chi connectivity index (χ1v) is 7.63. The van der Waals surface area contributed by atoms with Crippen LogP contribution in [0.5, 0.6) is 0 Å². The van der Waals surface area contributed by atoms with Crippen molar-refractivity contribution in [3.8, 4) is 11.1 Å². The van der Waals surface area contributed by atoms with Gasteiger partial charge >= 0.3 is 0 Å². The summed E-state index contributed by atoms with van der Waals surface area (Å²) in [5, 5.41) is 4.89. The van der Waals surface area contributed by atoms with Crippen LogP contribution in [0.4, 0.5) is 0 Å². The van der Waals surface area contributed by atoms with Gasteiger partial charge in [-0.1, -0.05) is 73.3 Å². The molecule has 0 aliphatic carbocycles. The quantitative estimate of drug-likeness (QED) is 0.623. The normalized spacial score (nSPS) is 11.8. The van der Waals surface area contributed by atoms with E-state index in [1.54, 1.807) is 0 Å². The van der Waals surface area contributed by atoms with Crippen molar-refractivity contribution in [2.45, 2.75) is 13.3 Å². The Labute approximate surface area is 131 Å². The Balaban J connectivity index is 2.55. The number of fused-ring (bicyclic) bond motifs is 1. The molecule has 0 radical (unpaired) electrons. The lowest BCUT2D eigenvalue weighted by Crippen LogP contribution is -2.29. The molecule has 0 heteroatoms. The van der Waals surface area contributed by atoms with Gasteiger partial charge in [-0.25, -0.2) is 0 Å². The number of allylic oxidation sites excluding steroid dienone is 1. The Morgan fingerprint density at radius 3 is 2.18 bits per heavy atom. The van der Waals surface area contributed by atoms with E-state index in [1.165, 1.54) is 32.7 Å². The molecule has 0 spiro atoms. The molecule has 0 N–H and O–H groups in total. The van der Waals surface area contributed by atoms with E-state index in [-0.39, 0.29) is 0 Å². The van der Waals surface area contributed by atoms with Crippen molar-refractivity contribution in [1.29, 1.82) is 0 Å². The molecule has 0 aliphatic rings. The summed E-state index contributed by atoms with van der Waals surface area (Å²) in [5.74, 6) is 0. The molecule has 0 aromatic heterocycles. The lowest BCUT2D eigenvalue weighted by Gasteiger charge is -2.13. The maximum absolute atomic E-state index is 4.37. The van der Waals surface area contributed by atoms with E-state index in [0.29, 0.717) is 0 Å². The van der Waals surface area contributed by atoms with E-state index in [9.17, 15) is 0 Å². The minimum absolute atomic E-state index is 0.843. The molecular weight excluding hydrogens is 264 g/mol. The highest BCUT2D eigenvalue weighted by atomic mass is 14.1. The van der Waals surface area contributed by atoms with Gasteiger partial charge in [0, 0.05) is 0 Å². The molecule has 3 rings (SSSR count). The lowest BCUT2D eigenvalue weighted by atomic mass is 9.90. The van der Waals surface area contributed by atoms with Crippen LogP contribution in [0.2, 0.25) is 0 Å². The summed E-state index contributed by atoms with van der Waals surface area (Å²) in [5.41, 5.74) is 3.79. The van der Waals surface area contributed by atoms with Gasteiger partial charge in [0.15, 0.2) is 0 Å². The van der Waals surface area contributed by atoms with E-state index < -0.39 is 0 Å². The predicted molar refractivity (Wildman–Crippen MR) is 98.2 cm³/mol. The van der Waals surface area contributed by atoms with Crippen molar-refractivity contribution in [3.63, 3.8) is 0 Å². The van der Waals surface area contributed by atoms with Crippen LogP contribution in [0.1, 0.15) is 12.5 Å². The Morgan fingerprint density at radius 2 is 1.55 bits per heavy atom. The standard InChI is InChI=1S/C22H20/c1-4-11-19-16(3)18(5-2)22(17-12-7-6-8-13-17)21-15-10-9-14-20(19)21/h4-10,12-15H,1,3,11H2,2H3/b18-5+. The largest absolute Gasteiger partial charge is 0.103 e. The summed E-state index contributed by atoms with van der Waals surface area (Å²) in [6.07, 6.45) is 4.97. The number of hydrogen-bond acceptors (Lipinski definition) is 0. The topological polar surface area (TPSA) is 0 Å². The molecule has 0 bridgehead atoms. The molecule has 0 saturated heterocycles. The van der Waals surface area contributed by atoms with Crippen LogP contribution in [0.25, 0.3) is 34.6 Å². The van der Waals surface area contributed by atoms with Gasteiger partial charge in [0.05, 0.1) is 0 Å². The number of hydrogen-bond donors (Lipinski definition) is 0. The Hall–Kier alpha value is -2.60. The zero-order valence-electron chi connectivity index (χ0n) is 13.0. The fourth-order valence-corrected chi connectivity index (χ4v) is 3.20. The van der Waals surface area contributed by atoms with Gasteiger partial charge < -0.3 is 0 Å². The molecule has 0 heterocycles. The summed E-state index contributed by atoms with van der Waals surface area (Å²) >= 11 is 0. The minimum Gasteiger partial charge on any atom is -0.103 e. The van der Waals surface area contributed by atoms with Crippen LogP contribution >= 0.6 is 0 Å². The highest BCUT2D eigenvalue weighted by Gasteiger charge is 2.10. The molecule has 108 valence electrons. The summed E-state index contributed by atoms with van der Waals surface area (Å²) in [7, 11) is 0. The summed E-state index contributed by atoms with van der Waals surface area (Å²) in [4.78, 5) is 0. The molecule has 0 aliphatic heterocycles. The number of benzene rings is 3. The average molecular weight is 284 g/mol. The molecular formula is C22H20. The van der Waals surface area contributed by atoms with Crippen LogP contribution in [-0.4, -0.2) is 0 Å². The van der Waals surface area contributed by atoms with Crippen LogP contribution in [0, 0.1) is 0 Å². The maximum atomic E-state index is 4.37. The van der Waals surface area contributed by atoms with Gasteiger partial charge in [-0.3, -0.25) is 0 Å². The second-order valence-corrected chi connectivity index (χ2v) is 5.44. The first-order chi connectivity index (χ1) is 10.8. The fourth-order valence-electron chi connectivity index (χ4n) is 3.20. The van der Waals surface area contributed by atoms with Gasteiger partial charge in [-0.05, 0) is 51.2 Å². The van der Waals surface area contributed by atoms with Crippen molar-refractivity contribution in [2.75, 3.05) is 0 Å². The fraction of sp³-hybridized carbons (Fsp3) is 0.0909. The van der Waals surface area contributed by atoms with Gasteiger partial charge in [-0.2, -0.15) is 0 Å². The van der Waals surface area contributed by atoms with Gasteiger partial charge in [-0.15, -0.1) is 6.58 Å². The SMILES string of the molecule is C=CCc1c(=C)/c(=C\C)c(-c2ccccc2)c2ccccc12. The second kappa shape index (κ2) is 6.03. The first-order valence-electron chi connectivity index (χ1n) is 7.63. The highest BCUT2D eigenvalue weighted by molar-refractivity contribution is 5.99. The molecule has 0 saturated carbocycles. The third-order valence-electron chi connectivity index (χ3n) is 4.18. The Bertz CT molecular complexity index is 931. The third kappa shape index (κ3) is 2.27. The van der Waals surface area contributed by atoms with Crippen LogP contribution in [0.15, 0.2) is 67.3 Å².